The minimum Gasteiger partial charge on any atom is -0.338 e. The van der Waals surface area contributed by atoms with Gasteiger partial charge in [0.2, 0.25) is 0 Å². The largest absolute Gasteiger partial charge is 0.338 e. The normalized spacial score (nSPS) is 12.0. The first-order valence-corrected chi connectivity index (χ1v) is 10.9. The van der Waals surface area contributed by atoms with Gasteiger partial charge in [0.15, 0.2) is 0 Å². The topological polar surface area (TPSA) is 41.6 Å². The Bertz CT molecular complexity index is 1410. The van der Waals surface area contributed by atoms with Gasteiger partial charge in [-0.25, -0.2) is 4.98 Å². The zero-order valence-corrected chi connectivity index (χ0v) is 19.0. The van der Waals surface area contributed by atoms with Crippen molar-refractivity contribution in [1.29, 1.82) is 0 Å². The number of nitrogens with one attached hydrogen (secondary N) is 1. The van der Waals surface area contributed by atoms with Gasteiger partial charge in [0, 0.05) is 17.3 Å². The summed E-state index contributed by atoms with van der Waals surface area (Å²) in [6.07, 6.45) is 1.64. The van der Waals surface area contributed by atoms with E-state index in [0.717, 1.165) is 44.5 Å². The standard InChI is InChI=1S/C26H21Cl2N3/c1-26(2,3)19-13-18(24-20(28)12-15(27)14-29-24)16-8-4-5-9-17(16)23(19)25-30-21-10-6-7-11-22(21)31-25/h4-14H,1-3H3,(H,30,31). The molecule has 0 aliphatic carbocycles. The number of hydrogen-bond acceptors (Lipinski definition) is 2. The molecule has 0 radical (unpaired) electrons. The second-order valence-electron chi connectivity index (χ2n) is 8.73. The van der Waals surface area contributed by atoms with Crippen molar-refractivity contribution in [3.05, 3.63) is 82.5 Å². The number of halogens is 2. The van der Waals surface area contributed by atoms with E-state index in [9.17, 15) is 0 Å². The van der Waals surface area contributed by atoms with Crippen LogP contribution in [0.25, 0.3) is 44.5 Å². The van der Waals surface area contributed by atoms with Gasteiger partial charge < -0.3 is 4.98 Å². The molecule has 2 heterocycles. The molecule has 2 aromatic heterocycles. The van der Waals surface area contributed by atoms with Crippen molar-refractivity contribution in [3.63, 3.8) is 0 Å². The molecule has 5 rings (SSSR count). The van der Waals surface area contributed by atoms with Crippen LogP contribution in [0.3, 0.4) is 0 Å². The van der Waals surface area contributed by atoms with Gasteiger partial charge >= 0.3 is 0 Å². The summed E-state index contributed by atoms with van der Waals surface area (Å²) in [5.41, 5.74) is 5.83. The molecule has 0 fully saturated rings. The lowest BCUT2D eigenvalue weighted by Crippen LogP contribution is -2.14. The SMILES string of the molecule is CC(C)(C)c1cc(-c2ncc(Cl)cc2Cl)c2ccccc2c1-c1nc2ccccc2[nH]1. The average Bonchev–Trinajstić information content (AvgIpc) is 3.16. The fourth-order valence-electron chi connectivity index (χ4n) is 4.10. The molecule has 3 aromatic carbocycles. The van der Waals surface area contributed by atoms with Gasteiger partial charge in [-0.05, 0) is 46.0 Å². The molecule has 0 spiro atoms. The summed E-state index contributed by atoms with van der Waals surface area (Å²) in [5, 5.41) is 3.24. The number of rotatable bonds is 2. The highest BCUT2D eigenvalue weighted by Gasteiger charge is 2.25. The summed E-state index contributed by atoms with van der Waals surface area (Å²) in [6, 6.07) is 20.4. The predicted octanol–water partition coefficient (Wildman–Crippen LogP) is 8.05. The zero-order valence-electron chi connectivity index (χ0n) is 17.5. The number of benzene rings is 3. The maximum absolute atomic E-state index is 6.58. The lowest BCUT2D eigenvalue weighted by Gasteiger charge is -2.25. The lowest BCUT2D eigenvalue weighted by atomic mass is 9.79. The molecule has 0 atom stereocenters. The fraction of sp³-hybridized carbons (Fsp3) is 0.154. The van der Waals surface area contributed by atoms with Crippen molar-refractivity contribution in [2.24, 2.45) is 0 Å². The molecule has 0 bridgehead atoms. The predicted molar refractivity (Wildman–Crippen MR) is 131 cm³/mol. The average molecular weight is 446 g/mol. The second kappa shape index (κ2) is 7.37. The summed E-state index contributed by atoms with van der Waals surface area (Å²) in [7, 11) is 0. The Kier molecular flexibility index (Phi) is 4.76. The number of nitrogens with zero attached hydrogens (tertiary/aromatic N) is 2. The Morgan fingerprint density at radius 1 is 0.871 bits per heavy atom. The summed E-state index contributed by atoms with van der Waals surface area (Å²) in [4.78, 5) is 13.0. The highest BCUT2D eigenvalue weighted by Crippen LogP contribution is 2.43. The monoisotopic (exact) mass is 445 g/mol. The van der Waals surface area contributed by atoms with E-state index in [1.807, 2.05) is 24.3 Å². The van der Waals surface area contributed by atoms with E-state index in [4.69, 9.17) is 28.2 Å². The van der Waals surface area contributed by atoms with Crippen LogP contribution in [0, 0.1) is 0 Å². The Morgan fingerprint density at radius 3 is 2.29 bits per heavy atom. The van der Waals surface area contributed by atoms with Crippen LogP contribution in [-0.2, 0) is 5.41 Å². The van der Waals surface area contributed by atoms with E-state index < -0.39 is 0 Å². The van der Waals surface area contributed by atoms with Gasteiger partial charge in [-0.1, -0.05) is 80.4 Å². The van der Waals surface area contributed by atoms with Crippen LogP contribution in [0.5, 0.6) is 0 Å². The molecule has 5 aromatic rings. The molecule has 3 nitrogen and oxygen atoms in total. The van der Waals surface area contributed by atoms with E-state index in [0.29, 0.717) is 10.0 Å². The number of H-pyrrole nitrogens is 1. The van der Waals surface area contributed by atoms with Crippen molar-refractivity contribution in [1.82, 2.24) is 15.0 Å². The van der Waals surface area contributed by atoms with Crippen molar-refractivity contribution in [2.45, 2.75) is 26.2 Å². The van der Waals surface area contributed by atoms with Crippen molar-refractivity contribution < 1.29 is 0 Å². The minimum absolute atomic E-state index is 0.133. The van der Waals surface area contributed by atoms with Crippen LogP contribution in [0.15, 0.2) is 66.9 Å². The molecule has 154 valence electrons. The smallest absolute Gasteiger partial charge is 0.139 e. The fourth-order valence-corrected chi connectivity index (χ4v) is 4.58. The van der Waals surface area contributed by atoms with Crippen LogP contribution in [0.1, 0.15) is 26.3 Å². The molecule has 0 unspecified atom stereocenters. The van der Waals surface area contributed by atoms with Gasteiger partial charge in [0.25, 0.3) is 0 Å². The minimum atomic E-state index is -0.133. The highest BCUT2D eigenvalue weighted by molar-refractivity contribution is 6.36. The van der Waals surface area contributed by atoms with Crippen molar-refractivity contribution >= 4 is 45.0 Å². The van der Waals surface area contributed by atoms with Gasteiger partial charge in [-0.2, -0.15) is 0 Å². The first-order chi connectivity index (χ1) is 14.8. The number of imidazole rings is 1. The first kappa shape index (κ1) is 20.0. The Balaban J connectivity index is 1.90. The summed E-state index contributed by atoms with van der Waals surface area (Å²) in [5.74, 6) is 0.865. The first-order valence-electron chi connectivity index (χ1n) is 10.2. The van der Waals surface area contributed by atoms with Gasteiger partial charge in [0.1, 0.15) is 5.82 Å². The van der Waals surface area contributed by atoms with Gasteiger partial charge in [0.05, 0.1) is 26.8 Å². The molecular weight excluding hydrogens is 425 g/mol. The van der Waals surface area contributed by atoms with E-state index in [1.165, 1.54) is 5.56 Å². The summed E-state index contributed by atoms with van der Waals surface area (Å²) >= 11 is 12.7. The van der Waals surface area contributed by atoms with Crippen LogP contribution in [-0.4, -0.2) is 15.0 Å². The third-order valence-corrected chi connectivity index (χ3v) is 6.04. The molecule has 0 amide bonds. The number of fused-ring (bicyclic) bond motifs is 2. The van der Waals surface area contributed by atoms with Crippen molar-refractivity contribution in [3.8, 4) is 22.6 Å². The van der Waals surface area contributed by atoms with E-state index in [-0.39, 0.29) is 5.41 Å². The third kappa shape index (κ3) is 3.48. The molecule has 0 saturated heterocycles. The molecule has 0 saturated carbocycles. The van der Waals surface area contributed by atoms with Gasteiger partial charge in [-0.3, -0.25) is 4.98 Å². The number of aromatic amines is 1. The number of hydrogen-bond donors (Lipinski definition) is 1. The van der Waals surface area contributed by atoms with E-state index in [2.05, 4.69) is 61.1 Å². The Hall–Kier alpha value is -2.88. The maximum Gasteiger partial charge on any atom is 0.139 e. The van der Waals surface area contributed by atoms with Crippen LogP contribution >= 0.6 is 23.2 Å². The van der Waals surface area contributed by atoms with Gasteiger partial charge in [-0.15, -0.1) is 0 Å². The summed E-state index contributed by atoms with van der Waals surface area (Å²) < 4.78 is 0. The molecular formula is C26H21Cl2N3. The Morgan fingerprint density at radius 2 is 1.58 bits per heavy atom. The highest BCUT2D eigenvalue weighted by atomic mass is 35.5. The number of pyridine rings is 1. The molecule has 31 heavy (non-hydrogen) atoms. The lowest BCUT2D eigenvalue weighted by molar-refractivity contribution is 0.592. The number of para-hydroxylation sites is 2. The van der Waals surface area contributed by atoms with Crippen molar-refractivity contribution in [2.75, 3.05) is 0 Å². The Labute approximate surface area is 191 Å². The quantitative estimate of drug-likeness (QED) is 0.298. The van der Waals surface area contributed by atoms with E-state index in [1.54, 1.807) is 12.3 Å². The van der Waals surface area contributed by atoms with E-state index >= 15 is 0 Å². The van der Waals surface area contributed by atoms with Crippen LogP contribution < -0.4 is 0 Å². The third-order valence-electron chi connectivity index (χ3n) is 5.54. The molecule has 5 heteroatoms. The molecule has 0 aliphatic rings. The maximum atomic E-state index is 6.58. The second-order valence-corrected chi connectivity index (χ2v) is 9.57. The number of aromatic nitrogens is 3. The van der Waals surface area contributed by atoms with Crippen LogP contribution in [0.2, 0.25) is 10.0 Å². The zero-order chi connectivity index (χ0) is 21.8. The molecule has 1 N–H and O–H groups in total. The van der Waals surface area contributed by atoms with Crippen LogP contribution in [0.4, 0.5) is 0 Å². The molecule has 0 aliphatic heterocycles. The summed E-state index contributed by atoms with van der Waals surface area (Å²) in [6.45, 7) is 6.64.